The van der Waals surface area contributed by atoms with Gasteiger partial charge < -0.3 is 10.2 Å². The van der Waals surface area contributed by atoms with Gasteiger partial charge in [-0.1, -0.05) is 32.1 Å². The molecule has 0 saturated heterocycles. The van der Waals surface area contributed by atoms with Crippen LogP contribution in [0.2, 0.25) is 0 Å². The normalized spacial score (nSPS) is 24.3. The summed E-state index contributed by atoms with van der Waals surface area (Å²) in [5.74, 6) is -0.372. The number of hydrogen-bond acceptors (Lipinski definition) is 5. The van der Waals surface area contributed by atoms with E-state index in [1.54, 1.807) is 12.4 Å². The van der Waals surface area contributed by atoms with Gasteiger partial charge >= 0.3 is 0 Å². The van der Waals surface area contributed by atoms with Crippen molar-refractivity contribution in [1.29, 1.82) is 0 Å². The molecular formula is C20H24FN3O2S. The van der Waals surface area contributed by atoms with Crippen molar-refractivity contribution in [2.24, 2.45) is 11.8 Å². The Morgan fingerprint density at radius 2 is 2.19 bits per heavy atom. The molecule has 1 aromatic rings. The molecule has 5 nitrogen and oxygen atoms in total. The molecular weight excluding hydrogens is 365 g/mol. The summed E-state index contributed by atoms with van der Waals surface area (Å²) in [6, 6.07) is -0.407. The summed E-state index contributed by atoms with van der Waals surface area (Å²) in [5.41, 5.74) is 0.432. The highest BCUT2D eigenvalue weighted by atomic mass is 32.1. The van der Waals surface area contributed by atoms with Gasteiger partial charge in [-0.15, -0.1) is 11.3 Å². The van der Waals surface area contributed by atoms with E-state index in [4.69, 9.17) is 0 Å². The first-order chi connectivity index (χ1) is 13.1. The van der Waals surface area contributed by atoms with Gasteiger partial charge in [-0.3, -0.25) is 9.59 Å². The van der Waals surface area contributed by atoms with E-state index >= 15 is 0 Å². The van der Waals surface area contributed by atoms with E-state index < -0.39 is 12.0 Å². The molecule has 0 bridgehead atoms. The van der Waals surface area contributed by atoms with Gasteiger partial charge in [-0.2, -0.15) is 0 Å². The third-order valence-electron chi connectivity index (χ3n) is 5.87. The standard InChI is InChI=1S/C20H24FN3O2S/c21-16-6-7-18(25)15-12-24(11-14(15)16)17(10-13-4-2-1-3-5-13)19(26)23-20-22-8-9-27-20/h6,8-9,11,13,15,17H,1-5,7,10,12H2,(H,22,23,26)/t15?,17-/m0/s1. The number of allylic oxidation sites excluding steroid dienone is 2. The van der Waals surface area contributed by atoms with Crippen molar-refractivity contribution in [3.05, 3.63) is 35.3 Å². The number of carbonyl (C=O) groups is 2. The van der Waals surface area contributed by atoms with Crippen molar-refractivity contribution in [1.82, 2.24) is 9.88 Å². The van der Waals surface area contributed by atoms with Crippen molar-refractivity contribution in [2.45, 2.75) is 51.0 Å². The van der Waals surface area contributed by atoms with Crippen LogP contribution in [0, 0.1) is 11.8 Å². The average Bonchev–Trinajstić information content (AvgIpc) is 3.34. The first kappa shape index (κ1) is 18.3. The highest BCUT2D eigenvalue weighted by Crippen LogP contribution is 2.37. The van der Waals surface area contributed by atoms with Crippen LogP contribution in [-0.4, -0.2) is 34.2 Å². The van der Waals surface area contributed by atoms with Gasteiger partial charge in [-0.25, -0.2) is 9.37 Å². The van der Waals surface area contributed by atoms with E-state index in [2.05, 4.69) is 10.3 Å². The average molecular weight is 389 g/mol. The highest BCUT2D eigenvalue weighted by Gasteiger charge is 2.39. The fourth-order valence-corrected chi connectivity index (χ4v) is 4.94. The number of fused-ring (bicyclic) bond motifs is 1. The topological polar surface area (TPSA) is 62.3 Å². The number of Topliss-reactive ketones (excluding diaryl/α,β-unsaturated/α-hetero) is 1. The molecule has 27 heavy (non-hydrogen) atoms. The van der Waals surface area contributed by atoms with Crippen LogP contribution in [0.4, 0.5) is 9.52 Å². The van der Waals surface area contributed by atoms with Gasteiger partial charge in [0.15, 0.2) is 5.13 Å². The molecule has 7 heteroatoms. The second-order valence-electron chi connectivity index (χ2n) is 7.64. The fourth-order valence-electron chi connectivity index (χ4n) is 4.41. The van der Waals surface area contributed by atoms with Crippen LogP contribution in [0.1, 0.15) is 44.9 Å². The van der Waals surface area contributed by atoms with E-state index in [1.807, 2.05) is 10.3 Å². The molecule has 0 radical (unpaired) electrons. The zero-order valence-corrected chi connectivity index (χ0v) is 16.0. The third kappa shape index (κ3) is 3.98. The minimum Gasteiger partial charge on any atom is -0.364 e. The highest BCUT2D eigenvalue weighted by molar-refractivity contribution is 7.13. The maximum Gasteiger partial charge on any atom is 0.248 e. The Morgan fingerprint density at radius 3 is 2.89 bits per heavy atom. The number of aromatic nitrogens is 1. The predicted molar refractivity (Wildman–Crippen MR) is 103 cm³/mol. The second-order valence-corrected chi connectivity index (χ2v) is 8.53. The predicted octanol–water partition coefficient (Wildman–Crippen LogP) is 4.06. The van der Waals surface area contributed by atoms with E-state index in [1.165, 1.54) is 36.7 Å². The van der Waals surface area contributed by atoms with Crippen LogP contribution < -0.4 is 5.32 Å². The van der Waals surface area contributed by atoms with Crippen molar-refractivity contribution in [3.8, 4) is 0 Å². The third-order valence-corrected chi connectivity index (χ3v) is 6.56. The van der Waals surface area contributed by atoms with Crippen LogP contribution in [0.3, 0.4) is 0 Å². The summed E-state index contributed by atoms with van der Waals surface area (Å²) in [7, 11) is 0. The Hall–Kier alpha value is -2.02. The number of nitrogens with one attached hydrogen (secondary N) is 1. The number of anilines is 1. The van der Waals surface area contributed by atoms with Gasteiger partial charge in [0.2, 0.25) is 5.91 Å². The molecule has 2 aliphatic carbocycles. The van der Waals surface area contributed by atoms with Crippen LogP contribution in [0.5, 0.6) is 0 Å². The van der Waals surface area contributed by atoms with E-state index in [9.17, 15) is 14.0 Å². The summed E-state index contributed by atoms with van der Waals surface area (Å²) in [6.07, 6.45) is 11.5. The molecule has 1 saturated carbocycles. The summed E-state index contributed by atoms with van der Waals surface area (Å²) in [4.78, 5) is 31.3. The maximum absolute atomic E-state index is 14.2. The molecule has 0 spiro atoms. The molecule has 2 atom stereocenters. The van der Waals surface area contributed by atoms with Crippen molar-refractivity contribution in [2.75, 3.05) is 11.9 Å². The number of carbonyl (C=O) groups excluding carboxylic acids is 2. The molecule has 1 amide bonds. The molecule has 1 N–H and O–H groups in total. The molecule has 1 fully saturated rings. The zero-order valence-electron chi connectivity index (χ0n) is 15.2. The maximum atomic E-state index is 14.2. The molecule has 1 aliphatic heterocycles. The Labute approximate surface area is 162 Å². The summed E-state index contributed by atoms with van der Waals surface area (Å²) < 4.78 is 14.2. The molecule has 2 heterocycles. The first-order valence-corrected chi connectivity index (χ1v) is 10.6. The van der Waals surface area contributed by atoms with Gasteiger partial charge in [-0.05, 0) is 18.4 Å². The lowest BCUT2D eigenvalue weighted by Gasteiger charge is -2.32. The van der Waals surface area contributed by atoms with E-state index in [0.717, 1.165) is 19.3 Å². The van der Waals surface area contributed by atoms with Crippen LogP contribution in [0.25, 0.3) is 0 Å². The number of hydrogen-bond donors (Lipinski definition) is 1. The monoisotopic (exact) mass is 389 g/mol. The lowest BCUT2D eigenvalue weighted by atomic mass is 9.84. The number of amides is 1. The van der Waals surface area contributed by atoms with Crippen molar-refractivity contribution < 1.29 is 14.0 Å². The van der Waals surface area contributed by atoms with E-state index in [-0.39, 0.29) is 23.9 Å². The molecule has 0 aromatic carbocycles. The zero-order chi connectivity index (χ0) is 18.8. The van der Waals surface area contributed by atoms with Crippen molar-refractivity contribution in [3.63, 3.8) is 0 Å². The Kier molecular flexibility index (Phi) is 5.38. The van der Waals surface area contributed by atoms with Crippen LogP contribution >= 0.6 is 11.3 Å². The molecule has 144 valence electrons. The van der Waals surface area contributed by atoms with Gasteiger partial charge in [0.05, 0.1) is 5.92 Å². The number of halogens is 1. The summed E-state index contributed by atoms with van der Waals surface area (Å²) in [5, 5.41) is 5.28. The van der Waals surface area contributed by atoms with Crippen LogP contribution in [0.15, 0.2) is 35.3 Å². The minimum atomic E-state index is -0.448. The number of thiazole rings is 1. The lowest BCUT2D eigenvalue weighted by Crippen LogP contribution is -2.43. The summed E-state index contributed by atoms with van der Waals surface area (Å²) >= 11 is 1.38. The quantitative estimate of drug-likeness (QED) is 0.825. The molecule has 1 aromatic heterocycles. The Bertz CT molecular complexity index is 768. The van der Waals surface area contributed by atoms with E-state index in [0.29, 0.717) is 23.2 Å². The summed E-state index contributed by atoms with van der Waals surface area (Å²) in [6.45, 7) is 0.387. The Morgan fingerprint density at radius 1 is 1.37 bits per heavy atom. The number of rotatable bonds is 5. The fraction of sp³-hybridized carbons (Fsp3) is 0.550. The molecule has 4 rings (SSSR count). The van der Waals surface area contributed by atoms with Crippen molar-refractivity contribution >= 4 is 28.2 Å². The number of ketones is 1. The smallest absolute Gasteiger partial charge is 0.248 e. The lowest BCUT2D eigenvalue weighted by molar-refractivity contribution is -0.124. The second kappa shape index (κ2) is 7.92. The Balaban J connectivity index is 1.54. The minimum absolute atomic E-state index is 0.0295. The van der Waals surface area contributed by atoms with Gasteiger partial charge in [0.1, 0.15) is 17.7 Å². The number of nitrogens with zero attached hydrogens (tertiary/aromatic N) is 2. The van der Waals surface area contributed by atoms with Crippen LogP contribution in [-0.2, 0) is 9.59 Å². The van der Waals surface area contributed by atoms with Gasteiger partial charge in [0, 0.05) is 36.3 Å². The molecule has 3 aliphatic rings. The SMILES string of the molecule is O=C1CC=C(F)C2=CN([C@@H](CC3CCCCC3)C(=O)Nc3nccs3)CC12. The largest absolute Gasteiger partial charge is 0.364 e. The molecule has 1 unspecified atom stereocenters. The van der Waals surface area contributed by atoms with Gasteiger partial charge in [0.25, 0.3) is 0 Å². The first-order valence-electron chi connectivity index (χ1n) is 9.68.